The molecular formula is C34H58N2O23. The van der Waals surface area contributed by atoms with E-state index in [1.165, 1.54) is 20.8 Å². The van der Waals surface area contributed by atoms with Crippen LogP contribution in [0.3, 0.4) is 0 Å². The number of aliphatic hydroxyl groups is 12. The zero-order chi connectivity index (χ0) is 43.8. The molecule has 0 aliphatic carbocycles. The molecule has 5 saturated heterocycles. The molecule has 0 saturated carbocycles. The van der Waals surface area contributed by atoms with Crippen LogP contribution in [0.2, 0.25) is 0 Å². The summed E-state index contributed by atoms with van der Waals surface area (Å²) in [4.78, 5) is 23.8. The summed E-state index contributed by atoms with van der Waals surface area (Å²) in [6, 6.07) is -2.88. The number of ether oxygens (including phenoxy) is 9. The average Bonchev–Trinajstić information content (AvgIpc) is 3.18. The molecule has 25 heteroatoms. The van der Waals surface area contributed by atoms with Crippen LogP contribution in [0.15, 0.2) is 0 Å². The lowest BCUT2D eigenvalue weighted by Crippen LogP contribution is -2.68. The Morgan fingerprint density at radius 3 is 1.19 bits per heavy atom. The molecule has 0 aromatic heterocycles. The van der Waals surface area contributed by atoms with Crippen LogP contribution in [-0.4, -0.2) is 240 Å². The fourth-order valence-corrected chi connectivity index (χ4v) is 7.65. The van der Waals surface area contributed by atoms with Crippen molar-refractivity contribution in [2.24, 2.45) is 0 Å². The minimum Gasteiger partial charge on any atom is -0.394 e. The van der Waals surface area contributed by atoms with Gasteiger partial charge in [0.15, 0.2) is 31.5 Å². The number of carbonyl (C=O) groups excluding carboxylic acids is 2. The lowest BCUT2D eigenvalue weighted by atomic mass is 9.95. The number of rotatable bonds is 12. The second-order valence-corrected chi connectivity index (χ2v) is 15.4. The van der Waals surface area contributed by atoms with Crippen LogP contribution < -0.4 is 10.6 Å². The third-order valence-corrected chi connectivity index (χ3v) is 11.0. The quantitative estimate of drug-likeness (QED) is 0.0866. The molecule has 5 aliphatic heterocycles. The Morgan fingerprint density at radius 1 is 0.441 bits per heavy atom. The minimum atomic E-state index is -1.97. The van der Waals surface area contributed by atoms with E-state index in [4.69, 9.17) is 42.6 Å². The van der Waals surface area contributed by atoms with E-state index in [1.54, 1.807) is 0 Å². The number of amides is 2. The first kappa shape index (κ1) is 48.1. The van der Waals surface area contributed by atoms with Crippen molar-refractivity contribution in [1.29, 1.82) is 0 Å². The summed E-state index contributed by atoms with van der Waals surface area (Å²) >= 11 is 0. The van der Waals surface area contributed by atoms with Gasteiger partial charge in [0.05, 0.1) is 31.5 Å². The van der Waals surface area contributed by atoms with Gasteiger partial charge in [-0.25, -0.2) is 0 Å². The first-order valence-corrected chi connectivity index (χ1v) is 19.2. The Labute approximate surface area is 337 Å². The van der Waals surface area contributed by atoms with Crippen molar-refractivity contribution in [2.45, 2.75) is 188 Å². The molecule has 0 radical (unpaired) electrons. The first-order valence-electron chi connectivity index (χ1n) is 19.2. The molecule has 0 spiro atoms. The number of hydrogen-bond acceptors (Lipinski definition) is 23. The van der Waals surface area contributed by atoms with Gasteiger partial charge in [-0.1, -0.05) is 0 Å². The summed E-state index contributed by atoms with van der Waals surface area (Å²) < 4.78 is 51.2. The molecule has 25 nitrogen and oxygen atoms in total. The van der Waals surface area contributed by atoms with Gasteiger partial charge >= 0.3 is 0 Å². The van der Waals surface area contributed by atoms with E-state index in [-0.39, 0.29) is 0 Å². The second-order valence-electron chi connectivity index (χ2n) is 15.4. The summed E-state index contributed by atoms with van der Waals surface area (Å²) in [5.41, 5.74) is 0. The topological polar surface area (TPSA) is 384 Å². The van der Waals surface area contributed by atoms with Crippen molar-refractivity contribution in [1.82, 2.24) is 10.6 Å². The van der Waals surface area contributed by atoms with E-state index >= 15 is 0 Å². The molecule has 0 bridgehead atoms. The summed E-state index contributed by atoms with van der Waals surface area (Å²) in [5.74, 6) is -1.32. The zero-order valence-electron chi connectivity index (χ0n) is 32.7. The van der Waals surface area contributed by atoms with E-state index in [0.29, 0.717) is 0 Å². The molecule has 0 unspecified atom stereocenters. The maximum atomic E-state index is 11.9. The Hall–Kier alpha value is -1.90. The summed E-state index contributed by atoms with van der Waals surface area (Å²) in [7, 11) is 0. The van der Waals surface area contributed by atoms with Gasteiger partial charge in [0.1, 0.15) is 104 Å². The van der Waals surface area contributed by atoms with Gasteiger partial charge in [0, 0.05) is 13.8 Å². The minimum absolute atomic E-state index is 0.655. The van der Waals surface area contributed by atoms with Gasteiger partial charge in [-0.05, 0) is 20.8 Å². The molecule has 0 aromatic carbocycles. The SMILES string of the molecule is CC(=O)N[C@@H]1[C@@H](O[C@@H]2[C@@H](O)[C@H](C)O[C@@H](O[C@@H]3[C@@H](O)[C@H](C)O[C@@H](O[C@@H]4[C@@H](O)[C@H](C)O[C@@H](O[C@H]5[C@@H](O)[C@@H](CO)O[C@H](O)[C@@H]5NC(C)=O)[C@@H]4O)[C@@H]3O)[C@@H]2O)O[C@H](CO)[C@@H](O)[C@@H]1O. The van der Waals surface area contributed by atoms with Crippen molar-refractivity contribution in [3.63, 3.8) is 0 Å². The fourth-order valence-electron chi connectivity index (χ4n) is 7.65. The van der Waals surface area contributed by atoms with E-state index in [2.05, 4.69) is 10.6 Å². The van der Waals surface area contributed by atoms with Crippen molar-refractivity contribution >= 4 is 11.8 Å². The Bertz CT molecular complexity index is 1390. The van der Waals surface area contributed by atoms with E-state index in [9.17, 15) is 70.9 Å². The Balaban J connectivity index is 1.32. The standard InChI is InChI=1S/C34H58N2O23/c1-8-17(41)27(57-31-15(35-11(4)39)22(46)20(44)13(6-37)55-31)23(47)33(52-8)59-29-19(43)10(3)53-34(25(29)49)58-28-18(42)9(2)51-32(24(28)48)56-26-16(36-12(5)40)30(50)54-14(7-38)21(26)45/h8-10,13-34,37-38,41-50H,6-7H2,1-5H3,(H,35,39)(H,36,40)/t8-,9-,10-,13+,14+,15-,16+,17-,18-,19-,20+,21-,22+,23+,24+,25+,26+,27+,28+,29+,30-,31+,32-,33-,34-/m0/s1. The van der Waals surface area contributed by atoms with Gasteiger partial charge in [0.25, 0.3) is 0 Å². The van der Waals surface area contributed by atoms with Gasteiger partial charge < -0.3 is 115 Å². The first-order chi connectivity index (χ1) is 27.7. The molecule has 5 heterocycles. The highest BCUT2D eigenvalue weighted by Crippen LogP contribution is 2.35. The molecule has 14 N–H and O–H groups in total. The monoisotopic (exact) mass is 862 g/mol. The Morgan fingerprint density at radius 2 is 0.797 bits per heavy atom. The third kappa shape index (κ3) is 10.3. The number of hydrogen-bond donors (Lipinski definition) is 14. The van der Waals surface area contributed by atoms with Gasteiger partial charge in [-0.2, -0.15) is 0 Å². The van der Waals surface area contributed by atoms with Crippen LogP contribution in [0.5, 0.6) is 0 Å². The molecule has 0 aromatic rings. The number of nitrogens with one attached hydrogen (secondary N) is 2. The molecular weight excluding hydrogens is 804 g/mol. The normalized spacial score (nSPS) is 50.8. The summed E-state index contributed by atoms with van der Waals surface area (Å²) in [6.45, 7) is 4.78. The molecule has 59 heavy (non-hydrogen) atoms. The lowest BCUT2D eigenvalue weighted by molar-refractivity contribution is -0.386. The third-order valence-electron chi connectivity index (χ3n) is 11.0. The molecule has 25 atom stereocenters. The van der Waals surface area contributed by atoms with Crippen molar-refractivity contribution in [2.75, 3.05) is 13.2 Å². The zero-order valence-corrected chi connectivity index (χ0v) is 32.7. The smallest absolute Gasteiger partial charge is 0.217 e. The fraction of sp³-hybridized carbons (Fsp3) is 0.941. The van der Waals surface area contributed by atoms with Crippen LogP contribution >= 0.6 is 0 Å². The van der Waals surface area contributed by atoms with Crippen LogP contribution in [0.1, 0.15) is 34.6 Å². The lowest BCUT2D eigenvalue weighted by Gasteiger charge is -2.49. The maximum Gasteiger partial charge on any atom is 0.217 e. The van der Waals surface area contributed by atoms with E-state index in [0.717, 1.165) is 13.8 Å². The van der Waals surface area contributed by atoms with E-state index < -0.39 is 178 Å². The highest BCUT2D eigenvalue weighted by Gasteiger charge is 2.56. The predicted octanol–water partition coefficient (Wildman–Crippen LogP) is -8.55. The molecule has 5 rings (SSSR count). The highest BCUT2D eigenvalue weighted by molar-refractivity contribution is 5.73. The van der Waals surface area contributed by atoms with E-state index in [1.807, 2.05) is 0 Å². The molecule has 5 aliphatic rings. The highest BCUT2D eigenvalue weighted by atomic mass is 16.8. The molecule has 2 amide bonds. The molecule has 5 fully saturated rings. The number of carbonyl (C=O) groups is 2. The van der Waals surface area contributed by atoms with Crippen molar-refractivity contribution in [3.05, 3.63) is 0 Å². The predicted molar refractivity (Wildman–Crippen MR) is 185 cm³/mol. The summed E-state index contributed by atoms with van der Waals surface area (Å²) in [6.07, 6.45) is -37.6. The van der Waals surface area contributed by atoms with Crippen LogP contribution in [0.4, 0.5) is 0 Å². The van der Waals surface area contributed by atoms with Crippen LogP contribution in [0, 0.1) is 0 Å². The van der Waals surface area contributed by atoms with Crippen molar-refractivity contribution in [3.8, 4) is 0 Å². The maximum absolute atomic E-state index is 11.9. The number of aliphatic hydroxyl groups excluding tert-OH is 12. The van der Waals surface area contributed by atoms with Gasteiger partial charge in [0.2, 0.25) is 11.8 Å². The van der Waals surface area contributed by atoms with Crippen LogP contribution in [-0.2, 0) is 52.2 Å². The molecule has 342 valence electrons. The second kappa shape index (κ2) is 20.1. The van der Waals surface area contributed by atoms with Crippen molar-refractivity contribution < 1.29 is 113 Å². The summed E-state index contributed by atoms with van der Waals surface area (Å²) in [5, 5.41) is 134. The average molecular weight is 863 g/mol. The Kier molecular flexibility index (Phi) is 16.4. The van der Waals surface area contributed by atoms with Gasteiger partial charge in [-0.3, -0.25) is 9.59 Å². The van der Waals surface area contributed by atoms with Crippen LogP contribution in [0.25, 0.3) is 0 Å². The largest absolute Gasteiger partial charge is 0.394 e. The van der Waals surface area contributed by atoms with Gasteiger partial charge in [-0.15, -0.1) is 0 Å².